The molecule has 20 heavy (non-hydrogen) atoms. The van der Waals surface area contributed by atoms with E-state index in [2.05, 4.69) is 22.6 Å². The zero-order valence-electron chi connectivity index (χ0n) is 12.1. The quantitative estimate of drug-likeness (QED) is 0.870. The molecule has 5 nitrogen and oxygen atoms in total. The van der Waals surface area contributed by atoms with E-state index in [1.165, 1.54) is 6.26 Å². The smallest absolute Gasteiger partial charge is 0.211 e. The molecule has 0 radical (unpaired) electrons. The molecule has 7 heteroatoms. The Labute approximate surface area is 125 Å². The van der Waals surface area contributed by atoms with Gasteiger partial charge < -0.3 is 5.32 Å². The van der Waals surface area contributed by atoms with E-state index < -0.39 is 10.0 Å². The summed E-state index contributed by atoms with van der Waals surface area (Å²) in [5, 5.41) is 5.54. The first-order valence-corrected chi connectivity index (χ1v) is 9.86. The van der Waals surface area contributed by atoms with Crippen LogP contribution < -0.4 is 5.32 Å². The van der Waals surface area contributed by atoms with Crippen molar-refractivity contribution in [2.45, 2.75) is 32.2 Å². The summed E-state index contributed by atoms with van der Waals surface area (Å²) in [6, 6.07) is 0.232. The van der Waals surface area contributed by atoms with Crippen LogP contribution in [-0.2, 0) is 10.0 Å². The van der Waals surface area contributed by atoms with Crippen molar-refractivity contribution in [1.82, 2.24) is 14.6 Å². The zero-order valence-corrected chi connectivity index (χ0v) is 13.7. The zero-order chi connectivity index (χ0) is 14.6. The Kier molecular flexibility index (Phi) is 5.54. The van der Waals surface area contributed by atoms with Crippen molar-refractivity contribution in [1.29, 1.82) is 0 Å². The molecule has 0 amide bonds. The molecule has 1 aromatic rings. The molecule has 1 aliphatic rings. The van der Waals surface area contributed by atoms with Gasteiger partial charge in [0.2, 0.25) is 10.0 Å². The van der Waals surface area contributed by atoms with Gasteiger partial charge in [-0.15, -0.1) is 11.3 Å². The average Bonchev–Trinajstić information content (AvgIpc) is 2.91. The van der Waals surface area contributed by atoms with E-state index in [1.807, 2.05) is 5.51 Å². The lowest BCUT2D eigenvalue weighted by Gasteiger charge is -2.32. The highest BCUT2D eigenvalue weighted by Gasteiger charge is 2.28. The second-order valence-corrected chi connectivity index (χ2v) is 8.09. The van der Waals surface area contributed by atoms with E-state index in [1.54, 1.807) is 15.6 Å². The first-order chi connectivity index (χ1) is 9.50. The second-order valence-electron chi connectivity index (χ2n) is 5.39. The highest BCUT2D eigenvalue weighted by molar-refractivity contribution is 7.88. The van der Waals surface area contributed by atoms with Gasteiger partial charge >= 0.3 is 0 Å². The lowest BCUT2D eigenvalue weighted by atomic mass is 9.91. The van der Waals surface area contributed by atoms with Crippen LogP contribution in [0.5, 0.6) is 0 Å². The van der Waals surface area contributed by atoms with Gasteiger partial charge in [0, 0.05) is 18.5 Å². The third-order valence-electron chi connectivity index (χ3n) is 3.78. The number of piperidine rings is 1. The number of sulfonamides is 1. The maximum Gasteiger partial charge on any atom is 0.211 e. The summed E-state index contributed by atoms with van der Waals surface area (Å²) in [7, 11) is -3.06. The maximum absolute atomic E-state index is 11.7. The summed E-state index contributed by atoms with van der Waals surface area (Å²) in [6.45, 7) is 4.29. The molecule has 0 aromatic carbocycles. The van der Waals surface area contributed by atoms with Crippen molar-refractivity contribution >= 4 is 21.4 Å². The highest BCUT2D eigenvalue weighted by Crippen LogP contribution is 2.28. The molecule has 2 unspecified atom stereocenters. The number of nitrogens with one attached hydrogen (secondary N) is 1. The summed E-state index contributed by atoms with van der Waals surface area (Å²) < 4.78 is 25.0. The number of nitrogens with zero attached hydrogens (tertiary/aromatic N) is 2. The summed E-state index contributed by atoms with van der Waals surface area (Å²) >= 11 is 1.60. The van der Waals surface area contributed by atoms with Crippen LogP contribution in [0.1, 0.15) is 37.9 Å². The third kappa shape index (κ3) is 4.25. The van der Waals surface area contributed by atoms with Crippen LogP contribution in [0.4, 0.5) is 0 Å². The van der Waals surface area contributed by atoms with Crippen LogP contribution in [-0.4, -0.2) is 43.6 Å². The number of aromatic nitrogens is 1. The Bertz CT molecular complexity index is 502. The minimum atomic E-state index is -3.06. The third-order valence-corrected chi connectivity index (χ3v) is 5.65. The normalized spacial score (nSPS) is 22.8. The van der Waals surface area contributed by atoms with Gasteiger partial charge in [0.25, 0.3) is 0 Å². The Balaban J connectivity index is 2.00. The Hall–Kier alpha value is -0.500. The fraction of sp³-hybridized carbons (Fsp3) is 0.769. The summed E-state index contributed by atoms with van der Waals surface area (Å²) in [6.07, 6.45) is 4.30. The van der Waals surface area contributed by atoms with Gasteiger partial charge in [-0.2, -0.15) is 0 Å². The van der Waals surface area contributed by atoms with Crippen LogP contribution in [0.25, 0.3) is 0 Å². The molecular formula is C13H23N3O2S2. The molecule has 1 saturated heterocycles. The van der Waals surface area contributed by atoms with E-state index in [-0.39, 0.29) is 6.04 Å². The van der Waals surface area contributed by atoms with E-state index in [0.717, 1.165) is 31.5 Å². The second kappa shape index (κ2) is 6.98. The molecule has 0 aliphatic carbocycles. The SMILES string of the molecule is CCNC(CC1CCCN(S(C)(=O)=O)C1)c1cscn1. The van der Waals surface area contributed by atoms with Crippen molar-refractivity contribution in [3.63, 3.8) is 0 Å². The summed E-state index contributed by atoms with van der Waals surface area (Å²) in [5.41, 5.74) is 2.93. The van der Waals surface area contributed by atoms with Crippen LogP contribution in [0.15, 0.2) is 10.9 Å². The van der Waals surface area contributed by atoms with Crippen molar-refractivity contribution in [2.75, 3.05) is 25.9 Å². The van der Waals surface area contributed by atoms with Crippen LogP contribution >= 0.6 is 11.3 Å². The number of thiazole rings is 1. The molecule has 114 valence electrons. The predicted molar refractivity (Wildman–Crippen MR) is 82.3 cm³/mol. The molecule has 1 fully saturated rings. The van der Waals surface area contributed by atoms with Crippen LogP contribution in [0.2, 0.25) is 0 Å². The van der Waals surface area contributed by atoms with Crippen LogP contribution in [0, 0.1) is 5.92 Å². The molecular weight excluding hydrogens is 294 g/mol. The van der Waals surface area contributed by atoms with Gasteiger partial charge in [-0.3, -0.25) is 0 Å². The van der Waals surface area contributed by atoms with Gasteiger partial charge in [0.15, 0.2) is 0 Å². The maximum atomic E-state index is 11.7. The molecule has 2 rings (SSSR count). The van der Waals surface area contributed by atoms with E-state index >= 15 is 0 Å². The number of hydrogen-bond donors (Lipinski definition) is 1. The Morgan fingerprint density at radius 1 is 1.60 bits per heavy atom. The van der Waals surface area contributed by atoms with E-state index in [0.29, 0.717) is 19.0 Å². The number of hydrogen-bond acceptors (Lipinski definition) is 5. The topological polar surface area (TPSA) is 62.3 Å². The summed E-state index contributed by atoms with van der Waals surface area (Å²) in [4.78, 5) is 4.39. The Morgan fingerprint density at radius 3 is 3.00 bits per heavy atom. The van der Waals surface area contributed by atoms with Gasteiger partial charge in [-0.1, -0.05) is 6.92 Å². The minimum Gasteiger partial charge on any atom is -0.309 e. The van der Waals surface area contributed by atoms with Crippen LogP contribution in [0.3, 0.4) is 0 Å². The molecule has 1 N–H and O–H groups in total. The Morgan fingerprint density at radius 2 is 2.40 bits per heavy atom. The fourth-order valence-corrected chi connectivity index (χ4v) is 4.35. The summed E-state index contributed by atoms with van der Waals surface area (Å²) in [5.74, 6) is 0.407. The van der Waals surface area contributed by atoms with E-state index in [9.17, 15) is 8.42 Å². The first kappa shape index (κ1) is 15.9. The van der Waals surface area contributed by atoms with Gasteiger partial charge in [-0.25, -0.2) is 17.7 Å². The van der Waals surface area contributed by atoms with E-state index in [4.69, 9.17) is 0 Å². The largest absolute Gasteiger partial charge is 0.309 e. The first-order valence-electron chi connectivity index (χ1n) is 7.07. The molecule has 2 heterocycles. The van der Waals surface area contributed by atoms with Crippen molar-refractivity contribution in [3.8, 4) is 0 Å². The molecule has 1 aromatic heterocycles. The van der Waals surface area contributed by atoms with Gasteiger partial charge in [0.05, 0.1) is 23.5 Å². The molecule has 0 spiro atoms. The fourth-order valence-electron chi connectivity index (χ4n) is 2.80. The van der Waals surface area contributed by atoms with Gasteiger partial charge in [-0.05, 0) is 31.7 Å². The highest BCUT2D eigenvalue weighted by atomic mass is 32.2. The molecule has 2 atom stereocenters. The predicted octanol–water partition coefficient (Wildman–Crippen LogP) is 1.86. The van der Waals surface area contributed by atoms with Crippen molar-refractivity contribution in [3.05, 3.63) is 16.6 Å². The monoisotopic (exact) mass is 317 g/mol. The van der Waals surface area contributed by atoms with Gasteiger partial charge in [0.1, 0.15) is 0 Å². The number of rotatable bonds is 6. The van der Waals surface area contributed by atoms with Crippen molar-refractivity contribution in [2.24, 2.45) is 5.92 Å². The minimum absolute atomic E-state index is 0.232. The molecule has 0 saturated carbocycles. The molecule has 1 aliphatic heterocycles. The lowest BCUT2D eigenvalue weighted by molar-refractivity contribution is 0.238. The lowest BCUT2D eigenvalue weighted by Crippen LogP contribution is -2.40. The van der Waals surface area contributed by atoms with Crippen molar-refractivity contribution < 1.29 is 8.42 Å². The molecule has 0 bridgehead atoms. The standard InChI is InChI=1S/C13H23N3O2S2/c1-3-14-12(13-9-19-10-15-13)7-11-5-4-6-16(8-11)20(2,17)18/h9-12,14H,3-8H2,1-2H3. The average molecular weight is 317 g/mol.